The highest BCUT2D eigenvalue weighted by Crippen LogP contribution is 2.35. The van der Waals surface area contributed by atoms with Crippen molar-refractivity contribution in [2.75, 3.05) is 20.2 Å². The molecular formula is C12H16NOS. The van der Waals surface area contributed by atoms with E-state index in [4.69, 9.17) is 4.74 Å². The van der Waals surface area contributed by atoms with Crippen molar-refractivity contribution in [1.29, 1.82) is 0 Å². The predicted octanol–water partition coefficient (Wildman–Crippen LogP) is 2.70. The Balaban J connectivity index is 1.91. The molecule has 0 bridgehead atoms. The van der Waals surface area contributed by atoms with Gasteiger partial charge in [-0.25, -0.2) is 0 Å². The Morgan fingerprint density at radius 1 is 1.13 bits per heavy atom. The smallest absolute Gasteiger partial charge is 0.118 e. The standard InChI is InChI=1S/C12H16NOS/c1-14-10-2-4-11(5-3-10)15-12-6-8-13-9-7-12/h2-5,13H,6-9H2,1H3. The van der Waals surface area contributed by atoms with Gasteiger partial charge in [0.25, 0.3) is 0 Å². The second-order valence-electron chi connectivity index (χ2n) is 3.57. The number of ether oxygens (including phenoxy) is 1. The first-order valence-electron chi connectivity index (χ1n) is 5.26. The Morgan fingerprint density at radius 2 is 1.80 bits per heavy atom. The molecule has 0 unspecified atom stereocenters. The molecule has 15 heavy (non-hydrogen) atoms. The van der Waals surface area contributed by atoms with Gasteiger partial charge in [-0.2, -0.15) is 0 Å². The van der Waals surface area contributed by atoms with Gasteiger partial charge in [0.05, 0.1) is 7.11 Å². The van der Waals surface area contributed by atoms with E-state index in [-0.39, 0.29) is 0 Å². The van der Waals surface area contributed by atoms with E-state index < -0.39 is 0 Å². The number of piperidine rings is 1. The zero-order valence-corrected chi connectivity index (χ0v) is 9.77. The fraction of sp³-hybridized carbons (Fsp3) is 0.417. The molecule has 0 spiro atoms. The quantitative estimate of drug-likeness (QED) is 0.849. The molecule has 1 aliphatic rings. The van der Waals surface area contributed by atoms with E-state index in [1.807, 2.05) is 23.9 Å². The molecule has 1 heterocycles. The van der Waals surface area contributed by atoms with Crippen LogP contribution in [0.3, 0.4) is 0 Å². The molecule has 0 amide bonds. The maximum Gasteiger partial charge on any atom is 0.118 e. The normalized spacial score (nSPS) is 17.7. The lowest BCUT2D eigenvalue weighted by Gasteiger charge is -2.21. The van der Waals surface area contributed by atoms with Crippen LogP contribution >= 0.6 is 11.8 Å². The highest BCUT2D eigenvalue weighted by atomic mass is 32.2. The maximum absolute atomic E-state index is 5.13. The first-order valence-corrected chi connectivity index (χ1v) is 6.07. The summed E-state index contributed by atoms with van der Waals surface area (Å²) in [5, 5.41) is 4.95. The Kier molecular flexibility index (Phi) is 3.92. The minimum Gasteiger partial charge on any atom is -0.497 e. The summed E-state index contributed by atoms with van der Waals surface area (Å²) in [5.74, 6) is 0.926. The van der Waals surface area contributed by atoms with Crippen LogP contribution in [0.4, 0.5) is 0 Å². The van der Waals surface area contributed by atoms with Gasteiger partial charge in [-0.15, -0.1) is 11.8 Å². The van der Waals surface area contributed by atoms with Crippen molar-refractivity contribution in [1.82, 2.24) is 5.32 Å². The zero-order valence-electron chi connectivity index (χ0n) is 8.95. The third kappa shape index (κ3) is 3.14. The molecule has 1 N–H and O–H groups in total. The average Bonchev–Trinajstić information content (AvgIpc) is 2.31. The van der Waals surface area contributed by atoms with E-state index in [1.54, 1.807) is 12.4 Å². The highest BCUT2D eigenvalue weighted by Gasteiger charge is 2.14. The monoisotopic (exact) mass is 222 g/mol. The van der Waals surface area contributed by atoms with Crippen molar-refractivity contribution < 1.29 is 4.74 Å². The number of hydrogen-bond donors (Lipinski definition) is 1. The van der Waals surface area contributed by atoms with Crippen molar-refractivity contribution >= 4 is 11.8 Å². The van der Waals surface area contributed by atoms with Crippen LogP contribution in [0.5, 0.6) is 5.75 Å². The van der Waals surface area contributed by atoms with Crippen molar-refractivity contribution in [2.24, 2.45) is 0 Å². The Morgan fingerprint density at radius 3 is 2.40 bits per heavy atom. The number of methoxy groups -OCH3 is 1. The summed E-state index contributed by atoms with van der Waals surface area (Å²) < 4.78 is 5.13. The molecule has 3 heteroatoms. The molecule has 1 radical (unpaired) electrons. The minimum absolute atomic E-state index is 0.926. The summed E-state index contributed by atoms with van der Waals surface area (Å²) >= 11 is 1.90. The van der Waals surface area contributed by atoms with E-state index >= 15 is 0 Å². The van der Waals surface area contributed by atoms with E-state index in [9.17, 15) is 0 Å². The van der Waals surface area contributed by atoms with Gasteiger partial charge in [0.1, 0.15) is 5.75 Å². The van der Waals surface area contributed by atoms with E-state index in [1.165, 1.54) is 17.7 Å². The number of thioether (sulfide) groups is 1. The maximum atomic E-state index is 5.13. The third-order valence-electron chi connectivity index (χ3n) is 2.48. The van der Waals surface area contributed by atoms with Crippen molar-refractivity contribution in [3.63, 3.8) is 0 Å². The molecule has 1 aromatic rings. The molecule has 2 nitrogen and oxygen atoms in total. The lowest BCUT2D eigenvalue weighted by Crippen LogP contribution is -2.25. The van der Waals surface area contributed by atoms with Crippen LogP contribution in [0.15, 0.2) is 29.2 Å². The lowest BCUT2D eigenvalue weighted by molar-refractivity contribution is 0.414. The summed E-state index contributed by atoms with van der Waals surface area (Å²) in [6, 6.07) is 8.28. The first-order chi connectivity index (χ1) is 7.38. The molecular weight excluding hydrogens is 206 g/mol. The van der Waals surface area contributed by atoms with Gasteiger partial charge in [0.15, 0.2) is 0 Å². The second kappa shape index (κ2) is 5.42. The zero-order chi connectivity index (χ0) is 10.5. The van der Waals surface area contributed by atoms with Gasteiger partial charge in [-0.05, 0) is 50.2 Å². The van der Waals surface area contributed by atoms with E-state index in [0.717, 1.165) is 18.8 Å². The number of nitrogens with one attached hydrogen (secondary N) is 1. The van der Waals surface area contributed by atoms with E-state index in [0.29, 0.717) is 0 Å². The molecule has 0 atom stereocenters. The second-order valence-corrected chi connectivity index (χ2v) is 4.82. The van der Waals surface area contributed by atoms with Crippen LogP contribution in [0.25, 0.3) is 0 Å². The van der Waals surface area contributed by atoms with Crippen molar-refractivity contribution in [2.45, 2.75) is 17.7 Å². The van der Waals surface area contributed by atoms with Crippen LogP contribution in [0.2, 0.25) is 0 Å². The highest BCUT2D eigenvalue weighted by molar-refractivity contribution is 8.02. The summed E-state index contributed by atoms with van der Waals surface area (Å²) in [7, 11) is 1.70. The molecule has 2 rings (SSSR count). The molecule has 1 aromatic carbocycles. The fourth-order valence-electron chi connectivity index (χ4n) is 1.62. The number of benzene rings is 1. The van der Waals surface area contributed by atoms with Crippen molar-refractivity contribution in [3.05, 3.63) is 29.5 Å². The third-order valence-corrected chi connectivity index (χ3v) is 3.69. The first kappa shape index (κ1) is 10.8. The molecule has 1 aliphatic heterocycles. The summed E-state index contributed by atoms with van der Waals surface area (Å²) in [6.45, 7) is 2.25. The van der Waals surface area contributed by atoms with Crippen LogP contribution in [-0.2, 0) is 0 Å². The minimum atomic E-state index is 0.926. The van der Waals surface area contributed by atoms with Crippen LogP contribution in [0.1, 0.15) is 12.8 Å². The van der Waals surface area contributed by atoms with Gasteiger partial charge in [0.2, 0.25) is 0 Å². The number of hydrogen-bond acceptors (Lipinski definition) is 3. The predicted molar refractivity (Wildman–Crippen MR) is 64.2 cm³/mol. The van der Waals surface area contributed by atoms with Gasteiger partial charge in [-0.1, -0.05) is 0 Å². The topological polar surface area (TPSA) is 21.3 Å². The molecule has 0 aromatic heterocycles. The lowest BCUT2D eigenvalue weighted by atomic mass is 10.2. The van der Waals surface area contributed by atoms with Gasteiger partial charge >= 0.3 is 0 Å². The fourth-order valence-corrected chi connectivity index (χ4v) is 2.63. The van der Waals surface area contributed by atoms with Crippen LogP contribution in [0, 0.1) is 5.25 Å². The van der Waals surface area contributed by atoms with Gasteiger partial charge in [0, 0.05) is 10.1 Å². The van der Waals surface area contributed by atoms with Crippen molar-refractivity contribution in [3.8, 4) is 5.75 Å². The Hall–Kier alpha value is -0.670. The molecule has 0 aliphatic carbocycles. The van der Waals surface area contributed by atoms with Crippen LogP contribution in [-0.4, -0.2) is 20.2 Å². The molecule has 1 fully saturated rings. The number of rotatable bonds is 3. The molecule has 1 saturated heterocycles. The van der Waals surface area contributed by atoms with E-state index in [2.05, 4.69) is 17.4 Å². The summed E-state index contributed by atoms with van der Waals surface area (Å²) in [5.41, 5.74) is 0. The Labute approximate surface area is 95.4 Å². The molecule has 81 valence electrons. The summed E-state index contributed by atoms with van der Waals surface area (Å²) in [4.78, 5) is 1.31. The Bertz CT molecular complexity index is 293. The van der Waals surface area contributed by atoms with Gasteiger partial charge in [-0.3, -0.25) is 0 Å². The largest absolute Gasteiger partial charge is 0.497 e. The SMILES string of the molecule is COc1ccc(S[C]2CCNCC2)cc1. The van der Waals surface area contributed by atoms with Gasteiger partial charge < -0.3 is 10.1 Å². The van der Waals surface area contributed by atoms with Crippen LogP contribution < -0.4 is 10.1 Å². The average molecular weight is 222 g/mol. The summed E-state index contributed by atoms with van der Waals surface area (Å²) in [6.07, 6.45) is 2.38. The molecule has 0 saturated carbocycles.